The third-order valence-corrected chi connectivity index (χ3v) is 5.10. The molecule has 3 unspecified atom stereocenters. The van der Waals surface area contributed by atoms with Gasteiger partial charge in [-0.05, 0) is 42.9 Å². The second-order valence-electron chi connectivity index (χ2n) is 6.31. The number of carbonyl (C=O) groups is 1. The number of nitrogens with zero attached hydrogens (tertiary/aromatic N) is 1. The van der Waals surface area contributed by atoms with Crippen LogP contribution in [0.5, 0.6) is 0 Å². The molecule has 2 aliphatic rings. The lowest BCUT2D eigenvalue weighted by Gasteiger charge is -2.33. The largest absolute Gasteiger partial charge is 0.396 e. The van der Waals surface area contributed by atoms with E-state index in [1.165, 1.54) is 18.4 Å². The highest BCUT2D eigenvalue weighted by Crippen LogP contribution is 2.35. The molecule has 0 spiro atoms. The number of aliphatic hydroxyl groups is 1. The number of aliphatic hydroxyl groups excluding tert-OH is 1. The van der Waals surface area contributed by atoms with Crippen molar-refractivity contribution in [1.29, 1.82) is 0 Å². The topological polar surface area (TPSA) is 52.6 Å². The maximum absolute atomic E-state index is 12.1. The Morgan fingerprint density at radius 2 is 2.05 bits per heavy atom. The van der Waals surface area contributed by atoms with Crippen LogP contribution in [-0.2, 0) is 4.79 Å². The average Bonchev–Trinajstić information content (AvgIpc) is 2.97. The lowest BCUT2D eigenvalue weighted by molar-refractivity contribution is -0.119. The molecular weight excluding hydrogens is 264 g/mol. The summed E-state index contributed by atoms with van der Waals surface area (Å²) < 4.78 is 0. The molecule has 21 heavy (non-hydrogen) atoms. The van der Waals surface area contributed by atoms with Crippen LogP contribution >= 0.6 is 0 Å². The van der Waals surface area contributed by atoms with Crippen LogP contribution in [0.25, 0.3) is 0 Å². The highest BCUT2D eigenvalue weighted by molar-refractivity contribution is 5.96. The second-order valence-corrected chi connectivity index (χ2v) is 6.31. The lowest BCUT2D eigenvalue weighted by atomic mass is 9.93. The number of anilines is 1. The number of hydrogen-bond acceptors (Lipinski definition) is 3. The average molecular weight is 288 g/mol. The van der Waals surface area contributed by atoms with E-state index in [9.17, 15) is 9.90 Å². The summed E-state index contributed by atoms with van der Waals surface area (Å²) >= 11 is 0. The Morgan fingerprint density at radius 1 is 1.29 bits per heavy atom. The van der Waals surface area contributed by atoms with Crippen molar-refractivity contribution in [3.8, 4) is 0 Å². The number of hydrogen-bond donors (Lipinski definition) is 2. The SMILES string of the molecule is CN1C(=O)CC(NCC2CCCC2CO)c2ccccc21. The number of nitrogens with one attached hydrogen (secondary N) is 1. The number of benzene rings is 1. The van der Waals surface area contributed by atoms with Gasteiger partial charge >= 0.3 is 0 Å². The minimum absolute atomic E-state index is 0.102. The van der Waals surface area contributed by atoms with Crippen LogP contribution in [0.15, 0.2) is 24.3 Å². The number of rotatable bonds is 4. The van der Waals surface area contributed by atoms with E-state index in [2.05, 4.69) is 11.4 Å². The van der Waals surface area contributed by atoms with Crippen molar-refractivity contribution in [2.75, 3.05) is 25.1 Å². The molecule has 2 N–H and O–H groups in total. The Morgan fingerprint density at radius 3 is 2.86 bits per heavy atom. The van der Waals surface area contributed by atoms with Crippen LogP contribution < -0.4 is 10.2 Å². The summed E-state index contributed by atoms with van der Waals surface area (Å²) in [6, 6.07) is 8.22. The molecule has 1 aliphatic heterocycles. The lowest BCUT2D eigenvalue weighted by Crippen LogP contribution is -2.39. The minimum Gasteiger partial charge on any atom is -0.396 e. The number of amides is 1. The molecule has 1 aromatic carbocycles. The van der Waals surface area contributed by atoms with E-state index in [-0.39, 0.29) is 18.6 Å². The summed E-state index contributed by atoms with van der Waals surface area (Å²) in [4.78, 5) is 13.9. The fourth-order valence-corrected chi connectivity index (χ4v) is 3.74. The molecule has 1 saturated carbocycles. The third-order valence-electron chi connectivity index (χ3n) is 5.10. The van der Waals surface area contributed by atoms with Gasteiger partial charge < -0.3 is 15.3 Å². The fraction of sp³-hybridized carbons (Fsp3) is 0.588. The standard InChI is InChI=1S/C17H24N2O2/c1-19-16-8-3-2-7-14(16)15(9-17(19)21)18-10-12-5-4-6-13(12)11-20/h2-3,7-8,12-13,15,18,20H,4-6,9-11H2,1H3. The first-order chi connectivity index (χ1) is 10.2. The zero-order chi connectivity index (χ0) is 14.8. The van der Waals surface area contributed by atoms with Crippen LogP contribution in [0.3, 0.4) is 0 Å². The van der Waals surface area contributed by atoms with Gasteiger partial charge in [-0.1, -0.05) is 24.6 Å². The molecule has 0 radical (unpaired) electrons. The normalized spacial score (nSPS) is 28.8. The maximum Gasteiger partial charge on any atom is 0.228 e. The van der Waals surface area contributed by atoms with Crippen LogP contribution in [0.4, 0.5) is 5.69 Å². The van der Waals surface area contributed by atoms with Crippen molar-refractivity contribution in [3.05, 3.63) is 29.8 Å². The van der Waals surface area contributed by atoms with Gasteiger partial charge in [-0.25, -0.2) is 0 Å². The minimum atomic E-state index is 0.102. The van der Waals surface area contributed by atoms with Gasteiger partial charge in [0, 0.05) is 31.8 Å². The van der Waals surface area contributed by atoms with Gasteiger partial charge in [0.1, 0.15) is 0 Å². The summed E-state index contributed by atoms with van der Waals surface area (Å²) in [5.74, 6) is 1.13. The predicted molar refractivity (Wildman–Crippen MR) is 83.1 cm³/mol. The van der Waals surface area contributed by atoms with Crippen molar-refractivity contribution in [1.82, 2.24) is 5.32 Å². The van der Waals surface area contributed by atoms with Gasteiger partial charge in [0.15, 0.2) is 0 Å². The second kappa shape index (κ2) is 6.16. The Labute approximate surface area is 126 Å². The Balaban J connectivity index is 1.71. The molecule has 3 atom stereocenters. The summed E-state index contributed by atoms with van der Waals surface area (Å²) in [5.41, 5.74) is 2.22. The molecule has 1 amide bonds. The predicted octanol–water partition coefficient (Wildman–Crippen LogP) is 2.09. The summed E-state index contributed by atoms with van der Waals surface area (Å²) in [6.45, 7) is 1.18. The Hall–Kier alpha value is -1.39. The quantitative estimate of drug-likeness (QED) is 0.892. The third kappa shape index (κ3) is 2.83. The first-order valence-corrected chi connectivity index (χ1v) is 7.90. The molecular formula is C17H24N2O2. The molecule has 1 heterocycles. The van der Waals surface area contributed by atoms with Crippen molar-refractivity contribution in [2.24, 2.45) is 11.8 Å². The smallest absolute Gasteiger partial charge is 0.228 e. The first kappa shape index (κ1) is 14.5. The van der Waals surface area contributed by atoms with Crippen molar-refractivity contribution in [2.45, 2.75) is 31.7 Å². The molecule has 0 saturated heterocycles. The van der Waals surface area contributed by atoms with Gasteiger partial charge in [0.25, 0.3) is 0 Å². The van der Waals surface area contributed by atoms with Crippen molar-refractivity contribution in [3.63, 3.8) is 0 Å². The molecule has 3 rings (SSSR count). The fourth-order valence-electron chi connectivity index (χ4n) is 3.74. The zero-order valence-electron chi connectivity index (χ0n) is 12.6. The molecule has 4 heteroatoms. The van der Waals surface area contributed by atoms with Gasteiger partial charge in [-0.15, -0.1) is 0 Å². The van der Waals surface area contributed by atoms with E-state index in [1.807, 2.05) is 25.2 Å². The molecule has 1 aliphatic carbocycles. The van der Waals surface area contributed by atoms with Crippen LogP contribution in [0.1, 0.15) is 37.3 Å². The summed E-state index contributed by atoms with van der Waals surface area (Å²) in [7, 11) is 1.84. The molecule has 1 fully saturated rings. The zero-order valence-corrected chi connectivity index (χ0v) is 12.6. The Bertz CT molecular complexity index is 517. The van der Waals surface area contributed by atoms with Crippen molar-refractivity contribution >= 4 is 11.6 Å². The molecule has 0 aromatic heterocycles. The highest BCUT2D eigenvalue weighted by atomic mass is 16.3. The molecule has 1 aromatic rings. The monoisotopic (exact) mass is 288 g/mol. The number of para-hydroxylation sites is 1. The Kier molecular flexibility index (Phi) is 4.27. The summed E-state index contributed by atoms with van der Waals surface area (Å²) in [6.07, 6.45) is 4.04. The van der Waals surface area contributed by atoms with Crippen molar-refractivity contribution < 1.29 is 9.90 Å². The summed E-state index contributed by atoms with van der Waals surface area (Å²) in [5, 5.41) is 13.0. The van der Waals surface area contributed by atoms with E-state index in [0.717, 1.165) is 18.7 Å². The molecule has 4 nitrogen and oxygen atoms in total. The van der Waals surface area contributed by atoms with Gasteiger partial charge in [0.05, 0.1) is 0 Å². The molecule has 114 valence electrons. The van der Waals surface area contributed by atoms with Gasteiger partial charge in [0.2, 0.25) is 5.91 Å². The van der Waals surface area contributed by atoms with Gasteiger partial charge in [-0.2, -0.15) is 0 Å². The van der Waals surface area contributed by atoms with Crippen LogP contribution in [0, 0.1) is 11.8 Å². The van der Waals surface area contributed by atoms with E-state index in [0.29, 0.717) is 18.3 Å². The van der Waals surface area contributed by atoms with E-state index >= 15 is 0 Å². The first-order valence-electron chi connectivity index (χ1n) is 7.90. The van der Waals surface area contributed by atoms with E-state index < -0.39 is 0 Å². The van der Waals surface area contributed by atoms with E-state index in [4.69, 9.17) is 0 Å². The number of fused-ring (bicyclic) bond motifs is 1. The van der Waals surface area contributed by atoms with E-state index in [1.54, 1.807) is 4.90 Å². The van der Waals surface area contributed by atoms with Crippen LogP contribution in [0.2, 0.25) is 0 Å². The molecule has 0 bridgehead atoms. The van der Waals surface area contributed by atoms with Gasteiger partial charge in [-0.3, -0.25) is 4.79 Å². The highest BCUT2D eigenvalue weighted by Gasteiger charge is 2.31. The maximum atomic E-state index is 12.1. The van der Waals surface area contributed by atoms with Crippen LogP contribution in [-0.4, -0.2) is 31.2 Å². The number of carbonyl (C=O) groups excluding carboxylic acids is 1.